The maximum atomic E-state index is 14.5. The molecule has 1 aliphatic rings. The molecule has 2 heterocycles. The number of likely N-dealkylation sites (tertiary alicyclic amines) is 1. The average Bonchev–Trinajstić information content (AvgIpc) is 4.01. The van der Waals surface area contributed by atoms with Gasteiger partial charge >= 0.3 is 5.97 Å². The Morgan fingerprint density at radius 3 is 2.10 bits per heavy atom. The maximum absolute atomic E-state index is 14.5. The summed E-state index contributed by atoms with van der Waals surface area (Å²) in [7, 11) is 2.85. The fraction of sp³-hybridized carbons (Fsp3) is 0.591. The van der Waals surface area contributed by atoms with Gasteiger partial charge in [0.15, 0.2) is 12.0 Å². The number of aliphatic imine (C=N–C) groups is 1. The zero-order chi connectivity index (χ0) is 50.5. The van der Waals surface area contributed by atoms with Gasteiger partial charge in [0.05, 0.1) is 19.5 Å². The Morgan fingerprint density at radius 1 is 0.868 bits per heavy atom. The van der Waals surface area contributed by atoms with Crippen molar-refractivity contribution >= 4 is 53.3 Å². The van der Waals surface area contributed by atoms with Crippen LogP contribution in [0.3, 0.4) is 0 Å². The maximum Gasteiger partial charge on any atom is 0.328 e. The molecule has 24 heteroatoms. The van der Waals surface area contributed by atoms with Gasteiger partial charge in [-0.05, 0) is 62.3 Å². The normalized spacial score (nSPS) is 16.5. The summed E-state index contributed by atoms with van der Waals surface area (Å²) in [6, 6.07) is -2.68. The van der Waals surface area contributed by atoms with Crippen molar-refractivity contribution < 1.29 is 53.3 Å². The molecule has 1 saturated heterocycles. The second kappa shape index (κ2) is 27.7. The van der Waals surface area contributed by atoms with Crippen molar-refractivity contribution in [2.24, 2.45) is 28.3 Å². The summed E-state index contributed by atoms with van der Waals surface area (Å²) in [6.07, 6.45) is 4.13. The quantitative estimate of drug-likeness (QED) is 0.0239. The lowest BCUT2D eigenvalue weighted by atomic mass is 9.96. The molecule has 0 bridgehead atoms. The van der Waals surface area contributed by atoms with Gasteiger partial charge in [0.1, 0.15) is 42.0 Å². The average molecular weight is 956 g/mol. The Balaban J connectivity index is 1.92. The highest BCUT2D eigenvalue weighted by Crippen LogP contribution is 2.21. The van der Waals surface area contributed by atoms with Crippen LogP contribution in [0, 0.1) is 11.8 Å². The molecule has 14 N–H and O–H groups in total. The zero-order valence-corrected chi connectivity index (χ0v) is 39.5. The number of hydrogen-bond acceptors (Lipinski definition) is 13. The number of nitrogens with zero attached hydrogens (tertiary/aromatic N) is 3. The number of amides is 7. The molecule has 68 heavy (non-hydrogen) atoms. The van der Waals surface area contributed by atoms with Gasteiger partial charge in [-0.1, -0.05) is 46.2 Å². The second-order valence-electron chi connectivity index (χ2n) is 17.0. The van der Waals surface area contributed by atoms with Crippen LogP contribution in [0.2, 0.25) is 0 Å². The van der Waals surface area contributed by atoms with Crippen LogP contribution in [-0.4, -0.2) is 161 Å². The van der Waals surface area contributed by atoms with E-state index in [2.05, 4.69) is 52.2 Å². The van der Waals surface area contributed by atoms with Crippen molar-refractivity contribution in [2.75, 3.05) is 40.4 Å². The van der Waals surface area contributed by atoms with Crippen molar-refractivity contribution in [3.05, 3.63) is 48.0 Å². The number of methoxy groups -OCH3 is 1. The number of aromatic amines is 1. The largest absolute Gasteiger partial charge is 0.508 e. The van der Waals surface area contributed by atoms with Crippen LogP contribution in [0.1, 0.15) is 71.1 Å². The molecular formula is C44H69N13O11. The highest BCUT2D eigenvalue weighted by molar-refractivity contribution is 5.98. The highest BCUT2D eigenvalue weighted by atomic mass is 16.5. The Morgan fingerprint density at radius 2 is 1.51 bits per heavy atom. The number of carboxylic acids is 1. The minimum Gasteiger partial charge on any atom is -0.508 e. The van der Waals surface area contributed by atoms with E-state index in [-0.39, 0.29) is 63.6 Å². The van der Waals surface area contributed by atoms with E-state index in [0.29, 0.717) is 30.5 Å². The van der Waals surface area contributed by atoms with E-state index in [4.69, 9.17) is 16.2 Å². The van der Waals surface area contributed by atoms with Crippen LogP contribution in [0.15, 0.2) is 41.8 Å². The SMILES string of the molecule is CC[C@H](C)[C@H](NC(=O)[C@H](Cc1ccc(O)cc1)NC(=O)[C@@H](NC(=O)[C@H](CCCN=C(N)N)NC(=O)CNC)C(C)C)C(=O)N[C@@H](Cc1cnc[nH]1)C(=O)N1CCC[C@H]1C(=O)N[C@@H](COC)C(=O)O. The van der Waals surface area contributed by atoms with Crippen molar-refractivity contribution in [1.82, 2.24) is 52.1 Å². The fourth-order valence-electron chi connectivity index (χ4n) is 7.45. The van der Waals surface area contributed by atoms with E-state index in [1.807, 2.05) is 0 Å². The minimum atomic E-state index is -1.36. The summed E-state index contributed by atoms with van der Waals surface area (Å²) >= 11 is 0. The van der Waals surface area contributed by atoms with Gasteiger partial charge < -0.3 is 73.5 Å². The minimum absolute atomic E-state index is 0.0415. The van der Waals surface area contributed by atoms with E-state index in [1.54, 1.807) is 46.9 Å². The summed E-state index contributed by atoms with van der Waals surface area (Å²) < 4.78 is 4.94. The topological polar surface area (TPSA) is 367 Å². The summed E-state index contributed by atoms with van der Waals surface area (Å²) in [4.78, 5) is 121. The number of benzene rings is 1. The van der Waals surface area contributed by atoms with E-state index in [1.165, 1.54) is 36.7 Å². The third kappa shape index (κ3) is 17.4. The standard InChI is InChI=1S/C44H69N13O11/c1-7-25(4)36(41(64)53-31(19-27-20-48-23-50-27)42(65)57-17-9-11-33(57)39(62)54-32(22-68-6)43(66)67)56-38(61)30(18-26-12-14-28(58)15-13-26)52-40(63)35(24(2)3)55-37(60)29(51-34(59)21-47-5)10-8-16-49-44(45)46/h12-15,20,23-25,29-33,35-36,47,58H,7-11,16-19,21-22H2,1-6H3,(H,48,50)(H,51,59)(H,52,63)(H,53,64)(H,54,62)(H,55,60)(H,56,61)(H,66,67)(H4,45,46,49)/t25-,29-,30-,31-,32-,33-,35-,36-/m0/s1. The van der Waals surface area contributed by atoms with Crippen molar-refractivity contribution in [2.45, 2.75) is 115 Å². The number of nitrogens with one attached hydrogen (secondary N) is 8. The third-order valence-electron chi connectivity index (χ3n) is 11.4. The molecule has 8 atom stereocenters. The van der Waals surface area contributed by atoms with Crippen LogP contribution >= 0.6 is 0 Å². The molecule has 0 saturated carbocycles. The first-order chi connectivity index (χ1) is 32.3. The van der Waals surface area contributed by atoms with E-state index in [9.17, 15) is 48.6 Å². The number of hydrogen-bond donors (Lipinski definition) is 12. The lowest BCUT2D eigenvalue weighted by Crippen LogP contribution is -2.62. The Hall–Kier alpha value is -6.82. The summed E-state index contributed by atoms with van der Waals surface area (Å²) in [5.41, 5.74) is 11.9. The van der Waals surface area contributed by atoms with Crippen LogP contribution in [-0.2, 0) is 55.9 Å². The smallest absolute Gasteiger partial charge is 0.328 e. The molecule has 0 unspecified atom stereocenters. The van der Waals surface area contributed by atoms with Gasteiger partial charge in [0.2, 0.25) is 41.4 Å². The molecule has 24 nitrogen and oxygen atoms in total. The first-order valence-corrected chi connectivity index (χ1v) is 22.6. The monoisotopic (exact) mass is 956 g/mol. The summed E-state index contributed by atoms with van der Waals surface area (Å²) in [5.74, 6) is -7.31. The number of carboxylic acid groups (broad SMARTS) is 1. The Labute approximate surface area is 395 Å². The molecular weight excluding hydrogens is 887 g/mol. The molecule has 0 spiro atoms. The predicted molar refractivity (Wildman–Crippen MR) is 248 cm³/mol. The van der Waals surface area contributed by atoms with Crippen LogP contribution in [0.5, 0.6) is 5.75 Å². The van der Waals surface area contributed by atoms with Gasteiger partial charge in [-0.2, -0.15) is 0 Å². The van der Waals surface area contributed by atoms with Crippen LogP contribution < -0.4 is 48.7 Å². The van der Waals surface area contributed by atoms with Gasteiger partial charge in [-0.25, -0.2) is 9.78 Å². The number of imidazole rings is 1. The molecule has 7 amide bonds. The number of aliphatic carboxylic acids is 1. The van der Waals surface area contributed by atoms with E-state index < -0.39 is 101 Å². The third-order valence-corrected chi connectivity index (χ3v) is 11.4. The number of carbonyl (C=O) groups excluding carboxylic acids is 7. The van der Waals surface area contributed by atoms with Crippen molar-refractivity contribution in [3.63, 3.8) is 0 Å². The lowest BCUT2D eigenvalue weighted by molar-refractivity contribution is -0.146. The number of aromatic hydroxyl groups is 1. The van der Waals surface area contributed by atoms with Crippen LogP contribution in [0.25, 0.3) is 0 Å². The summed E-state index contributed by atoms with van der Waals surface area (Å²) in [6.45, 7) is 6.81. The number of carbonyl (C=O) groups is 8. The number of nitrogens with two attached hydrogens (primary N) is 2. The van der Waals surface area contributed by atoms with Gasteiger partial charge in [0.25, 0.3) is 0 Å². The van der Waals surface area contributed by atoms with Gasteiger partial charge in [0, 0.05) is 44.9 Å². The van der Waals surface area contributed by atoms with Crippen molar-refractivity contribution in [1.29, 1.82) is 0 Å². The highest BCUT2D eigenvalue weighted by Gasteiger charge is 2.41. The lowest BCUT2D eigenvalue weighted by Gasteiger charge is -2.32. The van der Waals surface area contributed by atoms with E-state index in [0.717, 1.165) is 0 Å². The molecule has 1 aliphatic heterocycles. The summed E-state index contributed by atoms with van der Waals surface area (Å²) in [5, 5.41) is 38.4. The van der Waals surface area contributed by atoms with E-state index >= 15 is 0 Å². The zero-order valence-electron chi connectivity index (χ0n) is 39.5. The first-order valence-electron chi connectivity index (χ1n) is 22.6. The van der Waals surface area contributed by atoms with Gasteiger partial charge in [-0.3, -0.25) is 38.6 Å². The van der Waals surface area contributed by atoms with Crippen molar-refractivity contribution in [3.8, 4) is 5.75 Å². The molecule has 3 rings (SSSR count). The molecule has 376 valence electrons. The molecule has 1 fully saturated rings. The van der Waals surface area contributed by atoms with Crippen LogP contribution in [0.4, 0.5) is 0 Å². The number of guanidine groups is 1. The second-order valence-corrected chi connectivity index (χ2v) is 17.0. The number of H-pyrrole nitrogens is 1. The number of phenols is 1. The predicted octanol–water partition coefficient (Wildman–Crippen LogP) is -2.49. The molecule has 1 aromatic carbocycles. The number of ether oxygens (including phenoxy) is 1. The number of rotatable bonds is 28. The molecule has 1 aromatic heterocycles. The number of likely N-dealkylation sites (N-methyl/N-ethyl adjacent to an activating group) is 1. The molecule has 0 radical (unpaired) electrons. The Kier molecular flexibility index (Phi) is 22.6. The first kappa shape index (κ1) is 55.5. The number of phenolic OH excluding ortho intramolecular Hbond substituents is 1. The molecule has 2 aromatic rings. The Bertz CT molecular complexity index is 2030. The van der Waals surface area contributed by atoms with Gasteiger partial charge in [-0.15, -0.1) is 0 Å². The fourth-order valence-corrected chi connectivity index (χ4v) is 7.45. The molecule has 0 aliphatic carbocycles. The number of aromatic nitrogens is 2.